The summed E-state index contributed by atoms with van der Waals surface area (Å²) in [4.78, 5) is 4.05. The number of aliphatic hydroxyl groups excluding tert-OH is 1. The zero-order chi connectivity index (χ0) is 16.3. The minimum Gasteiger partial charge on any atom is -0.449 e. The molecule has 6 heteroatoms. The molecule has 120 valence electrons. The van der Waals surface area contributed by atoms with Crippen LogP contribution < -0.4 is 0 Å². The van der Waals surface area contributed by atoms with Gasteiger partial charge in [-0.2, -0.15) is 0 Å². The number of nitrogens with zero attached hydrogens (tertiary/aromatic N) is 1. The van der Waals surface area contributed by atoms with Crippen molar-refractivity contribution in [3.8, 4) is 0 Å². The van der Waals surface area contributed by atoms with Gasteiger partial charge in [0.05, 0.1) is 6.10 Å². The number of aryl methyl sites for hydroxylation is 1. The van der Waals surface area contributed by atoms with Gasteiger partial charge in [0.2, 0.25) is 0 Å². The summed E-state index contributed by atoms with van der Waals surface area (Å²) in [5.41, 5.74) is 0.423. The normalized spacial score (nSPS) is 15.3. The van der Waals surface area contributed by atoms with Crippen LogP contribution in [0.25, 0.3) is 6.08 Å². The van der Waals surface area contributed by atoms with Crippen molar-refractivity contribution in [3.05, 3.63) is 23.7 Å². The molecule has 0 saturated heterocycles. The Kier molecular flexibility index (Phi) is 5.89. The van der Waals surface area contributed by atoms with Crippen LogP contribution in [0.2, 0.25) is 18.1 Å². The Morgan fingerprint density at radius 3 is 2.57 bits per heavy atom. The van der Waals surface area contributed by atoms with E-state index in [0.29, 0.717) is 11.6 Å². The average Bonchev–Trinajstić information content (AvgIpc) is 2.72. The van der Waals surface area contributed by atoms with Gasteiger partial charge in [0, 0.05) is 26.0 Å². The van der Waals surface area contributed by atoms with Crippen LogP contribution in [-0.4, -0.2) is 31.1 Å². The quantitative estimate of drug-likeness (QED) is 0.804. The van der Waals surface area contributed by atoms with Crippen molar-refractivity contribution < 1.29 is 18.3 Å². The molecule has 1 N–H and O–H groups in total. The first kappa shape index (κ1) is 18.1. The van der Waals surface area contributed by atoms with Crippen molar-refractivity contribution in [1.82, 2.24) is 4.98 Å². The maximum absolute atomic E-state index is 14.4. The summed E-state index contributed by atoms with van der Waals surface area (Å²) in [7, 11) is -2.12. The summed E-state index contributed by atoms with van der Waals surface area (Å²) in [6.45, 7) is 12.0. The van der Waals surface area contributed by atoms with Crippen LogP contribution in [0.15, 0.2) is 16.5 Å². The predicted octanol–water partition coefficient (Wildman–Crippen LogP) is 4.07. The molecule has 0 bridgehead atoms. The van der Waals surface area contributed by atoms with E-state index in [2.05, 4.69) is 38.8 Å². The Morgan fingerprint density at radius 1 is 1.52 bits per heavy atom. The second-order valence-electron chi connectivity index (χ2n) is 6.70. The fraction of sp³-hybridized carbons (Fsp3) is 0.667. The second kappa shape index (κ2) is 6.85. The molecule has 1 rings (SSSR count). The summed E-state index contributed by atoms with van der Waals surface area (Å²) in [5, 5.41) is 9.14. The van der Waals surface area contributed by atoms with E-state index in [4.69, 9.17) is 13.9 Å². The van der Waals surface area contributed by atoms with Crippen LogP contribution in [0.3, 0.4) is 0 Å². The van der Waals surface area contributed by atoms with E-state index in [-0.39, 0.29) is 18.1 Å². The molecule has 0 saturated carbocycles. The molecule has 0 spiro atoms. The monoisotopic (exact) mass is 315 g/mol. The summed E-state index contributed by atoms with van der Waals surface area (Å²) < 4.78 is 25.6. The Morgan fingerprint density at radius 2 is 2.14 bits per heavy atom. The molecule has 1 aromatic rings. The van der Waals surface area contributed by atoms with E-state index >= 15 is 0 Å². The fourth-order valence-corrected chi connectivity index (χ4v) is 2.88. The van der Waals surface area contributed by atoms with Gasteiger partial charge in [0.15, 0.2) is 14.2 Å². The van der Waals surface area contributed by atoms with Crippen molar-refractivity contribution in [1.29, 1.82) is 0 Å². The van der Waals surface area contributed by atoms with Gasteiger partial charge in [0.1, 0.15) is 17.8 Å². The van der Waals surface area contributed by atoms with Gasteiger partial charge in [-0.25, -0.2) is 9.37 Å². The van der Waals surface area contributed by atoms with Crippen LogP contribution in [0.5, 0.6) is 0 Å². The van der Waals surface area contributed by atoms with Gasteiger partial charge in [0.25, 0.3) is 0 Å². The smallest absolute Gasteiger partial charge is 0.193 e. The van der Waals surface area contributed by atoms with Gasteiger partial charge in [-0.05, 0) is 18.1 Å². The SMILES string of the molecule is Cc1nc(/C=C(\F)[C@H](CCO)O[Si](C)(C)C(C)(C)C)co1. The van der Waals surface area contributed by atoms with Crippen molar-refractivity contribution in [3.63, 3.8) is 0 Å². The Bertz CT molecular complexity index is 491. The van der Waals surface area contributed by atoms with Crippen molar-refractivity contribution in [2.75, 3.05) is 6.61 Å². The van der Waals surface area contributed by atoms with Crippen LogP contribution in [0.1, 0.15) is 38.8 Å². The highest BCUT2D eigenvalue weighted by atomic mass is 28.4. The zero-order valence-electron chi connectivity index (χ0n) is 13.7. The van der Waals surface area contributed by atoms with Gasteiger partial charge in [-0.1, -0.05) is 20.8 Å². The first-order valence-electron chi connectivity index (χ1n) is 7.15. The van der Waals surface area contributed by atoms with Gasteiger partial charge < -0.3 is 13.9 Å². The highest BCUT2D eigenvalue weighted by Crippen LogP contribution is 2.38. The molecule has 1 atom stereocenters. The lowest BCUT2D eigenvalue weighted by atomic mass is 10.2. The van der Waals surface area contributed by atoms with Crippen LogP contribution in [0.4, 0.5) is 4.39 Å². The maximum Gasteiger partial charge on any atom is 0.193 e. The van der Waals surface area contributed by atoms with E-state index in [0.717, 1.165) is 0 Å². The van der Waals surface area contributed by atoms with E-state index < -0.39 is 20.2 Å². The fourth-order valence-electron chi connectivity index (χ4n) is 1.58. The largest absolute Gasteiger partial charge is 0.449 e. The lowest BCUT2D eigenvalue weighted by Crippen LogP contribution is -2.44. The van der Waals surface area contributed by atoms with Gasteiger partial charge in [-0.15, -0.1) is 0 Å². The maximum atomic E-state index is 14.4. The third kappa shape index (κ3) is 5.05. The molecule has 0 aliphatic heterocycles. The Labute approximate surface area is 127 Å². The molecule has 4 nitrogen and oxygen atoms in total. The summed E-state index contributed by atoms with van der Waals surface area (Å²) >= 11 is 0. The Hall–Kier alpha value is -0.983. The topological polar surface area (TPSA) is 55.5 Å². The molecular weight excluding hydrogens is 289 g/mol. The number of rotatable bonds is 6. The van der Waals surface area contributed by atoms with E-state index in [9.17, 15) is 4.39 Å². The lowest BCUT2D eigenvalue weighted by molar-refractivity contribution is 0.148. The van der Waals surface area contributed by atoms with E-state index in [1.165, 1.54) is 12.3 Å². The summed E-state index contributed by atoms with van der Waals surface area (Å²) in [6, 6.07) is 0. The second-order valence-corrected chi connectivity index (χ2v) is 11.5. The van der Waals surface area contributed by atoms with Crippen molar-refractivity contribution >= 4 is 14.4 Å². The molecular formula is C15H26FNO3Si. The molecule has 0 radical (unpaired) electrons. The van der Waals surface area contributed by atoms with Crippen LogP contribution in [0, 0.1) is 6.92 Å². The number of hydrogen-bond donors (Lipinski definition) is 1. The minimum absolute atomic E-state index is 0.0224. The number of hydrogen-bond acceptors (Lipinski definition) is 4. The van der Waals surface area contributed by atoms with Crippen LogP contribution >= 0.6 is 0 Å². The van der Waals surface area contributed by atoms with Gasteiger partial charge >= 0.3 is 0 Å². The number of aromatic nitrogens is 1. The third-order valence-electron chi connectivity index (χ3n) is 3.86. The van der Waals surface area contributed by atoms with Crippen molar-refractivity contribution in [2.24, 2.45) is 0 Å². The molecule has 21 heavy (non-hydrogen) atoms. The van der Waals surface area contributed by atoms with E-state index in [1.807, 2.05) is 0 Å². The van der Waals surface area contributed by atoms with E-state index in [1.54, 1.807) is 6.92 Å². The average molecular weight is 315 g/mol. The summed E-state index contributed by atoms with van der Waals surface area (Å²) in [6.07, 6.45) is 2.19. The third-order valence-corrected chi connectivity index (χ3v) is 8.35. The molecule has 0 fully saturated rings. The minimum atomic E-state index is -2.12. The standard InChI is InChI=1S/C15H26FNO3Si/c1-11-17-12(10-19-11)9-13(16)14(7-8-18)20-21(5,6)15(2,3)4/h9-10,14,18H,7-8H2,1-6H3/b13-9-/t14-/m0/s1. The highest BCUT2D eigenvalue weighted by molar-refractivity contribution is 6.74. The lowest BCUT2D eigenvalue weighted by Gasteiger charge is -2.38. The first-order chi connectivity index (χ1) is 9.56. The van der Waals surface area contributed by atoms with Crippen LogP contribution in [-0.2, 0) is 4.43 Å². The van der Waals surface area contributed by atoms with Crippen molar-refractivity contribution in [2.45, 2.75) is 58.4 Å². The number of aliphatic hydroxyl groups is 1. The number of oxazole rings is 1. The molecule has 1 heterocycles. The molecule has 0 unspecified atom stereocenters. The molecule has 0 aromatic carbocycles. The molecule has 0 aliphatic rings. The molecule has 1 aromatic heterocycles. The predicted molar refractivity (Wildman–Crippen MR) is 84.1 cm³/mol. The molecule has 0 aliphatic carbocycles. The Balaban J connectivity index is 2.93. The first-order valence-corrected chi connectivity index (χ1v) is 10.1. The summed E-state index contributed by atoms with van der Waals surface area (Å²) in [5.74, 6) is 0.0558. The van der Waals surface area contributed by atoms with Gasteiger partial charge in [-0.3, -0.25) is 0 Å². The molecule has 0 amide bonds. The zero-order valence-corrected chi connectivity index (χ0v) is 14.7. The number of halogens is 1. The highest BCUT2D eigenvalue weighted by Gasteiger charge is 2.39.